The van der Waals surface area contributed by atoms with Gasteiger partial charge in [-0.05, 0) is 55.5 Å². The van der Waals surface area contributed by atoms with Crippen molar-refractivity contribution in [2.45, 2.75) is 39.3 Å². The van der Waals surface area contributed by atoms with Crippen LogP contribution in [0.2, 0.25) is 0 Å². The molecule has 2 amide bonds. The third-order valence-electron chi connectivity index (χ3n) is 5.13. The third kappa shape index (κ3) is 4.03. The van der Waals surface area contributed by atoms with Gasteiger partial charge in [-0.15, -0.1) is 0 Å². The first kappa shape index (κ1) is 18.9. The van der Waals surface area contributed by atoms with Gasteiger partial charge in [0.15, 0.2) is 5.82 Å². The van der Waals surface area contributed by atoms with E-state index in [0.29, 0.717) is 18.8 Å². The van der Waals surface area contributed by atoms with Crippen molar-refractivity contribution in [2.75, 3.05) is 5.32 Å². The highest BCUT2D eigenvalue weighted by Crippen LogP contribution is 2.22. The lowest BCUT2D eigenvalue weighted by molar-refractivity contribution is 0.0945. The first-order chi connectivity index (χ1) is 14.1. The van der Waals surface area contributed by atoms with E-state index >= 15 is 0 Å². The van der Waals surface area contributed by atoms with E-state index in [1.807, 2.05) is 47.9 Å². The lowest BCUT2D eigenvalue weighted by Gasteiger charge is -2.17. The Balaban J connectivity index is 1.57. The lowest BCUT2D eigenvalue weighted by Crippen LogP contribution is -2.25. The molecule has 29 heavy (non-hydrogen) atoms. The Bertz CT molecular complexity index is 1040. The Morgan fingerprint density at radius 1 is 1.07 bits per heavy atom. The van der Waals surface area contributed by atoms with Crippen molar-refractivity contribution in [2.24, 2.45) is 0 Å². The Morgan fingerprint density at radius 2 is 1.86 bits per heavy atom. The standard InChI is InChI=1S/C22H23N5O2/c1-15-6-2-3-7-17(15)25-22(29)20-26-19(18-8-4-5-13-27(18)20)21(28)24-14-16-9-11-23-12-10-16/h2-3,6-7,9-12H,4-5,8,13-14H2,1H3,(H,24,28)(H,25,29). The summed E-state index contributed by atoms with van der Waals surface area (Å²) >= 11 is 0. The number of rotatable bonds is 5. The second-order valence-electron chi connectivity index (χ2n) is 7.15. The number of nitrogens with one attached hydrogen (secondary N) is 2. The largest absolute Gasteiger partial charge is 0.347 e. The second-order valence-corrected chi connectivity index (χ2v) is 7.15. The van der Waals surface area contributed by atoms with Crippen LogP contribution in [-0.4, -0.2) is 26.3 Å². The molecule has 0 radical (unpaired) electrons. The number of nitrogens with zero attached hydrogens (tertiary/aromatic N) is 3. The van der Waals surface area contributed by atoms with Crippen molar-refractivity contribution >= 4 is 17.5 Å². The zero-order chi connectivity index (χ0) is 20.2. The summed E-state index contributed by atoms with van der Waals surface area (Å²) in [7, 11) is 0. The molecule has 1 aromatic carbocycles. The average molecular weight is 389 g/mol. The van der Waals surface area contributed by atoms with Crippen molar-refractivity contribution in [1.29, 1.82) is 0 Å². The molecule has 3 aromatic rings. The van der Waals surface area contributed by atoms with E-state index in [0.717, 1.165) is 41.8 Å². The minimum absolute atomic E-state index is 0.262. The van der Waals surface area contributed by atoms with Crippen LogP contribution in [0.5, 0.6) is 0 Å². The normalized spacial score (nSPS) is 12.9. The number of fused-ring (bicyclic) bond motifs is 1. The topological polar surface area (TPSA) is 88.9 Å². The Hall–Kier alpha value is -3.48. The molecule has 1 aliphatic rings. The predicted molar refractivity (Wildman–Crippen MR) is 110 cm³/mol. The third-order valence-corrected chi connectivity index (χ3v) is 5.13. The van der Waals surface area contributed by atoms with Crippen LogP contribution in [0.3, 0.4) is 0 Å². The summed E-state index contributed by atoms with van der Waals surface area (Å²) in [5, 5.41) is 5.83. The summed E-state index contributed by atoms with van der Waals surface area (Å²) in [6.45, 7) is 3.02. The van der Waals surface area contributed by atoms with E-state index in [1.54, 1.807) is 12.4 Å². The van der Waals surface area contributed by atoms with Crippen molar-refractivity contribution in [3.8, 4) is 0 Å². The van der Waals surface area contributed by atoms with Gasteiger partial charge in [0.1, 0.15) is 5.69 Å². The molecular weight excluding hydrogens is 366 g/mol. The number of aryl methyl sites for hydroxylation is 1. The fourth-order valence-corrected chi connectivity index (χ4v) is 3.56. The molecule has 2 aromatic heterocycles. The summed E-state index contributed by atoms with van der Waals surface area (Å²) < 4.78 is 1.89. The molecule has 0 saturated heterocycles. The molecule has 7 heteroatoms. The molecule has 7 nitrogen and oxygen atoms in total. The van der Waals surface area contributed by atoms with Gasteiger partial charge in [-0.25, -0.2) is 4.98 Å². The maximum atomic E-state index is 12.9. The lowest BCUT2D eigenvalue weighted by atomic mass is 10.1. The average Bonchev–Trinajstić information content (AvgIpc) is 3.14. The minimum atomic E-state index is -0.296. The van der Waals surface area contributed by atoms with Crippen LogP contribution in [0.1, 0.15) is 50.8 Å². The van der Waals surface area contributed by atoms with E-state index in [4.69, 9.17) is 0 Å². The smallest absolute Gasteiger partial charge is 0.291 e. The first-order valence-corrected chi connectivity index (χ1v) is 9.77. The van der Waals surface area contributed by atoms with Gasteiger partial charge in [0.25, 0.3) is 11.8 Å². The quantitative estimate of drug-likeness (QED) is 0.702. The van der Waals surface area contributed by atoms with Gasteiger partial charge in [0.2, 0.25) is 0 Å². The van der Waals surface area contributed by atoms with Crippen molar-refractivity contribution in [3.63, 3.8) is 0 Å². The van der Waals surface area contributed by atoms with Gasteiger partial charge in [-0.2, -0.15) is 0 Å². The van der Waals surface area contributed by atoms with Crippen LogP contribution in [0.4, 0.5) is 5.69 Å². The Morgan fingerprint density at radius 3 is 2.66 bits per heavy atom. The van der Waals surface area contributed by atoms with Crippen LogP contribution in [0.15, 0.2) is 48.8 Å². The number of carbonyl (C=O) groups excluding carboxylic acids is 2. The maximum Gasteiger partial charge on any atom is 0.291 e. The number of hydrogen-bond acceptors (Lipinski definition) is 4. The van der Waals surface area contributed by atoms with Crippen molar-refractivity contribution in [1.82, 2.24) is 19.9 Å². The number of aromatic nitrogens is 3. The molecule has 1 aliphatic heterocycles. The van der Waals surface area contributed by atoms with E-state index < -0.39 is 0 Å². The second kappa shape index (κ2) is 8.26. The zero-order valence-electron chi connectivity index (χ0n) is 16.3. The van der Waals surface area contributed by atoms with Gasteiger partial charge in [0.05, 0.1) is 5.69 Å². The van der Waals surface area contributed by atoms with Gasteiger partial charge in [0, 0.05) is 31.2 Å². The number of para-hydroxylation sites is 1. The molecule has 0 unspecified atom stereocenters. The SMILES string of the molecule is Cc1ccccc1NC(=O)c1nc(C(=O)NCc2ccncc2)c2n1CCCC2. The number of carbonyl (C=O) groups is 2. The molecule has 0 bridgehead atoms. The van der Waals surface area contributed by atoms with Crippen LogP contribution in [0.25, 0.3) is 0 Å². The minimum Gasteiger partial charge on any atom is -0.347 e. The monoisotopic (exact) mass is 389 g/mol. The van der Waals surface area contributed by atoms with Crippen LogP contribution >= 0.6 is 0 Å². The first-order valence-electron chi connectivity index (χ1n) is 9.77. The van der Waals surface area contributed by atoms with Crippen LogP contribution in [-0.2, 0) is 19.5 Å². The van der Waals surface area contributed by atoms with E-state index in [2.05, 4.69) is 20.6 Å². The molecule has 0 atom stereocenters. The summed E-state index contributed by atoms with van der Waals surface area (Å²) in [6.07, 6.45) is 6.06. The summed E-state index contributed by atoms with van der Waals surface area (Å²) in [5.74, 6) is -0.268. The zero-order valence-corrected chi connectivity index (χ0v) is 16.3. The summed E-state index contributed by atoms with van der Waals surface area (Å²) in [6, 6.07) is 11.3. The molecule has 3 heterocycles. The molecule has 0 saturated carbocycles. The number of amides is 2. The number of imidazole rings is 1. The molecule has 0 fully saturated rings. The highest BCUT2D eigenvalue weighted by molar-refractivity contribution is 6.04. The van der Waals surface area contributed by atoms with Crippen molar-refractivity contribution in [3.05, 3.63) is 77.1 Å². The molecule has 0 spiro atoms. The van der Waals surface area contributed by atoms with E-state index in [9.17, 15) is 9.59 Å². The van der Waals surface area contributed by atoms with Crippen LogP contribution in [0, 0.1) is 6.92 Å². The molecule has 148 valence electrons. The summed E-state index contributed by atoms with van der Waals surface area (Å²) in [4.78, 5) is 34.2. The Labute approximate surface area is 169 Å². The maximum absolute atomic E-state index is 12.9. The Kier molecular flexibility index (Phi) is 5.37. The number of benzene rings is 1. The van der Waals surface area contributed by atoms with E-state index in [1.165, 1.54) is 0 Å². The van der Waals surface area contributed by atoms with Gasteiger partial charge >= 0.3 is 0 Å². The van der Waals surface area contributed by atoms with E-state index in [-0.39, 0.29) is 17.6 Å². The number of hydrogen-bond donors (Lipinski definition) is 2. The van der Waals surface area contributed by atoms with Gasteiger partial charge in [-0.3, -0.25) is 14.6 Å². The van der Waals surface area contributed by atoms with Gasteiger partial charge in [-0.1, -0.05) is 18.2 Å². The van der Waals surface area contributed by atoms with Gasteiger partial charge < -0.3 is 15.2 Å². The molecule has 4 rings (SSSR count). The molecule has 0 aliphatic carbocycles. The molecular formula is C22H23N5O2. The highest BCUT2D eigenvalue weighted by Gasteiger charge is 2.27. The molecule has 2 N–H and O–H groups in total. The highest BCUT2D eigenvalue weighted by atomic mass is 16.2. The fourth-order valence-electron chi connectivity index (χ4n) is 3.56. The number of anilines is 1. The van der Waals surface area contributed by atoms with Crippen LogP contribution < -0.4 is 10.6 Å². The predicted octanol–water partition coefficient (Wildman–Crippen LogP) is 3.11. The fraction of sp³-hybridized carbons (Fsp3) is 0.273. The summed E-state index contributed by atoms with van der Waals surface area (Å²) in [5.41, 5.74) is 3.85. The van der Waals surface area contributed by atoms with Crippen molar-refractivity contribution < 1.29 is 9.59 Å². The number of pyridine rings is 1.